The number of hydrogen-bond acceptors (Lipinski definition) is 3. The summed E-state index contributed by atoms with van der Waals surface area (Å²) in [6.45, 7) is 0. The molecule has 1 heterocycles. The lowest BCUT2D eigenvalue weighted by atomic mass is 10.1. The third-order valence-corrected chi connectivity index (χ3v) is 1.66. The van der Waals surface area contributed by atoms with Crippen molar-refractivity contribution in [1.82, 2.24) is 4.98 Å². The van der Waals surface area contributed by atoms with Gasteiger partial charge >= 0.3 is 5.97 Å². The normalized spacial score (nSPS) is 12.9. The molecule has 14 heavy (non-hydrogen) atoms. The molecule has 0 radical (unpaired) electrons. The van der Waals surface area contributed by atoms with Gasteiger partial charge < -0.3 is 10.8 Å². The SMILES string of the molecule is NC(C(=O)O)c1ccc(C(F)F)nc1. The van der Waals surface area contributed by atoms with E-state index in [4.69, 9.17) is 10.8 Å². The standard InChI is InChI=1S/C8H8F2N2O2/c9-7(10)5-2-1-4(3-12-5)6(11)8(13)14/h1-3,6-7H,11H2,(H,13,14). The zero-order valence-corrected chi connectivity index (χ0v) is 7.02. The number of carboxylic acid groups (broad SMARTS) is 1. The molecule has 1 atom stereocenters. The lowest BCUT2D eigenvalue weighted by Gasteiger charge is -2.06. The van der Waals surface area contributed by atoms with Crippen LogP contribution in [0.25, 0.3) is 0 Å². The third kappa shape index (κ3) is 2.23. The van der Waals surface area contributed by atoms with E-state index in [0.29, 0.717) is 0 Å². The van der Waals surface area contributed by atoms with Gasteiger partial charge in [0, 0.05) is 6.20 Å². The lowest BCUT2D eigenvalue weighted by Crippen LogP contribution is -2.20. The Morgan fingerprint density at radius 2 is 2.14 bits per heavy atom. The van der Waals surface area contributed by atoms with Crippen molar-refractivity contribution in [3.05, 3.63) is 29.6 Å². The van der Waals surface area contributed by atoms with Gasteiger partial charge in [-0.05, 0) is 11.6 Å². The fourth-order valence-corrected chi connectivity index (χ4v) is 0.872. The molecule has 0 aromatic carbocycles. The molecule has 1 aromatic heterocycles. The van der Waals surface area contributed by atoms with Crippen molar-refractivity contribution in [3.63, 3.8) is 0 Å². The van der Waals surface area contributed by atoms with Crippen molar-refractivity contribution in [2.24, 2.45) is 5.73 Å². The second kappa shape index (κ2) is 4.10. The fourth-order valence-electron chi connectivity index (χ4n) is 0.872. The molecule has 76 valence electrons. The van der Waals surface area contributed by atoms with Gasteiger partial charge in [0.05, 0.1) is 0 Å². The molecule has 0 aliphatic heterocycles. The average molecular weight is 202 g/mol. The number of rotatable bonds is 3. The molecule has 4 nitrogen and oxygen atoms in total. The van der Waals surface area contributed by atoms with Gasteiger partial charge in [0.25, 0.3) is 6.43 Å². The summed E-state index contributed by atoms with van der Waals surface area (Å²) in [5, 5.41) is 8.51. The summed E-state index contributed by atoms with van der Waals surface area (Å²) in [6.07, 6.45) is -1.62. The van der Waals surface area contributed by atoms with E-state index in [2.05, 4.69) is 4.98 Å². The third-order valence-electron chi connectivity index (χ3n) is 1.66. The smallest absolute Gasteiger partial charge is 0.325 e. The van der Waals surface area contributed by atoms with Crippen LogP contribution in [0.4, 0.5) is 8.78 Å². The molecule has 1 unspecified atom stereocenters. The van der Waals surface area contributed by atoms with Gasteiger partial charge in [-0.1, -0.05) is 6.07 Å². The molecule has 0 aliphatic carbocycles. The number of nitrogens with two attached hydrogens (primary N) is 1. The fraction of sp³-hybridized carbons (Fsp3) is 0.250. The van der Waals surface area contributed by atoms with Gasteiger partial charge in [-0.2, -0.15) is 0 Å². The Labute approximate surface area is 78.4 Å². The van der Waals surface area contributed by atoms with Crippen LogP contribution in [0, 0.1) is 0 Å². The number of carboxylic acids is 1. The molecule has 6 heteroatoms. The first kappa shape index (κ1) is 10.5. The summed E-state index contributed by atoms with van der Waals surface area (Å²) in [5.74, 6) is -1.23. The van der Waals surface area contributed by atoms with Crippen LogP contribution in [-0.2, 0) is 4.79 Å². The maximum atomic E-state index is 12.0. The highest BCUT2D eigenvalue weighted by Crippen LogP contribution is 2.17. The number of halogens is 2. The molecule has 1 aromatic rings. The minimum absolute atomic E-state index is 0.196. The number of pyridine rings is 1. The van der Waals surface area contributed by atoms with Crippen molar-refractivity contribution in [1.29, 1.82) is 0 Å². The monoisotopic (exact) mass is 202 g/mol. The van der Waals surface area contributed by atoms with Crippen LogP contribution in [0.3, 0.4) is 0 Å². The molecule has 0 amide bonds. The Hall–Kier alpha value is -1.56. The molecular weight excluding hydrogens is 194 g/mol. The predicted octanol–water partition coefficient (Wildman–Crippen LogP) is 1.10. The van der Waals surface area contributed by atoms with Gasteiger partial charge in [-0.15, -0.1) is 0 Å². The van der Waals surface area contributed by atoms with E-state index in [1.54, 1.807) is 0 Å². The van der Waals surface area contributed by atoms with E-state index in [9.17, 15) is 13.6 Å². The van der Waals surface area contributed by atoms with E-state index in [-0.39, 0.29) is 5.56 Å². The summed E-state index contributed by atoms with van der Waals surface area (Å²) < 4.78 is 24.1. The molecule has 0 fully saturated rings. The molecule has 0 aliphatic rings. The van der Waals surface area contributed by atoms with Gasteiger partial charge in [0.15, 0.2) is 0 Å². The Kier molecular flexibility index (Phi) is 3.08. The number of nitrogens with zero attached hydrogens (tertiary/aromatic N) is 1. The highest BCUT2D eigenvalue weighted by molar-refractivity contribution is 5.74. The predicted molar refractivity (Wildman–Crippen MR) is 43.8 cm³/mol. The minimum atomic E-state index is -2.66. The Balaban J connectivity index is 2.88. The van der Waals surface area contributed by atoms with E-state index in [0.717, 1.165) is 12.3 Å². The second-order valence-electron chi connectivity index (χ2n) is 2.63. The van der Waals surface area contributed by atoms with Crippen LogP contribution in [0.5, 0.6) is 0 Å². The Bertz CT molecular complexity index is 327. The summed E-state index contributed by atoms with van der Waals surface area (Å²) in [6, 6.07) is 1.06. The molecule has 0 spiro atoms. The number of carbonyl (C=O) groups is 1. The maximum absolute atomic E-state index is 12.0. The van der Waals surface area contributed by atoms with Crippen molar-refractivity contribution < 1.29 is 18.7 Å². The van der Waals surface area contributed by atoms with Crippen LogP contribution in [0.2, 0.25) is 0 Å². The van der Waals surface area contributed by atoms with Crippen molar-refractivity contribution in [3.8, 4) is 0 Å². The largest absolute Gasteiger partial charge is 0.480 e. The van der Waals surface area contributed by atoms with Gasteiger partial charge in [0.1, 0.15) is 11.7 Å². The number of hydrogen-bond donors (Lipinski definition) is 2. The molecule has 0 saturated heterocycles. The number of aromatic nitrogens is 1. The molecule has 0 bridgehead atoms. The van der Waals surface area contributed by atoms with Crippen LogP contribution in [-0.4, -0.2) is 16.1 Å². The first-order valence-corrected chi connectivity index (χ1v) is 3.74. The molecule has 1 rings (SSSR count). The minimum Gasteiger partial charge on any atom is -0.480 e. The van der Waals surface area contributed by atoms with Crippen molar-refractivity contribution in [2.75, 3.05) is 0 Å². The van der Waals surface area contributed by atoms with Gasteiger partial charge in [-0.25, -0.2) is 8.78 Å². The zero-order valence-electron chi connectivity index (χ0n) is 7.02. The molecular formula is C8H8F2N2O2. The van der Waals surface area contributed by atoms with Crippen LogP contribution >= 0.6 is 0 Å². The highest BCUT2D eigenvalue weighted by Gasteiger charge is 2.15. The zero-order chi connectivity index (χ0) is 10.7. The lowest BCUT2D eigenvalue weighted by molar-refractivity contribution is -0.138. The first-order valence-electron chi connectivity index (χ1n) is 3.74. The van der Waals surface area contributed by atoms with Gasteiger partial charge in [-0.3, -0.25) is 9.78 Å². The van der Waals surface area contributed by atoms with Crippen molar-refractivity contribution >= 4 is 5.97 Å². The van der Waals surface area contributed by atoms with Crippen molar-refractivity contribution in [2.45, 2.75) is 12.5 Å². The summed E-state index contributed by atoms with van der Waals surface area (Å²) in [5.41, 5.74) is 5.04. The number of alkyl halides is 2. The maximum Gasteiger partial charge on any atom is 0.325 e. The topological polar surface area (TPSA) is 76.2 Å². The second-order valence-corrected chi connectivity index (χ2v) is 2.63. The Morgan fingerprint density at radius 1 is 1.50 bits per heavy atom. The first-order chi connectivity index (χ1) is 6.52. The summed E-state index contributed by atoms with van der Waals surface area (Å²) in [4.78, 5) is 13.8. The molecule has 0 saturated carbocycles. The van der Waals surface area contributed by atoms with E-state index in [1.165, 1.54) is 6.07 Å². The van der Waals surface area contributed by atoms with E-state index >= 15 is 0 Å². The van der Waals surface area contributed by atoms with E-state index in [1.807, 2.05) is 0 Å². The van der Waals surface area contributed by atoms with Crippen LogP contribution in [0.1, 0.15) is 23.7 Å². The quantitative estimate of drug-likeness (QED) is 0.769. The highest BCUT2D eigenvalue weighted by atomic mass is 19.3. The van der Waals surface area contributed by atoms with E-state index < -0.39 is 24.1 Å². The summed E-state index contributed by atoms with van der Waals surface area (Å²) >= 11 is 0. The van der Waals surface area contributed by atoms with Crippen LogP contribution in [0.15, 0.2) is 18.3 Å². The molecule has 3 N–H and O–H groups in total. The van der Waals surface area contributed by atoms with Crippen LogP contribution < -0.4 is 5.73 Å². The Morgan fingerprint density at radius 3 is 2.50 bits per heavy atom. The summed E-state index contributed by atoms with van der Waals surface area (Å²) in [7, 11) is 0. The van der Waals surface area contributed by atoms with Gasteiger partial charge in [0.2, 0.25) is 0 Å². The number of aliphatic carboxylic acids is 1. The average Bonchev–Trinajstić information content (AvgIpc) is 2.16.